The minimum Gasteiger partial charge on any atom is -0.497 e. The average molecular weight is 609 g/mol. The molecule has 0 aliphatic carbocycles. The molecule has 2 N–H and O–H groups in total. The first-order chi connectivity index (χ1) is 20.4. The topological polar surface area (TPSA) is 101 Å². The fourth-order valence-electron chi connectivity index (χ4n) is 5.38. The standard InChI is InChI=1S/C19H16ClNO4.C15H25NO2/c1-11-15(10-18(22)23)16-9-14(25-2)7-8-17(16)21(11)19(24)12-3-5-13(20)6-4-12;1-6-15(17,12(2)11-16(3)4)13-8-7-9-14(10-13)18-5/h3-9H,10H2,1-2H3,(H,22,23);7-10,12,17H,6,11H2,1-5H3/t;12-,15-/m.1/s1. The lowest BCUT2D eigenvalue weighted by Crippen LogP contribution is -2.38. The van der Waals surface area contributed by atoms with Crippen LogP contribution in [0.3, 0.4) is 0 Å². The number of fused-ring (bicyclic) bond motifs is 1. The number of ether oxygens (including phenoxy) is 2. The number of aliphatic carboxylic acids is 1. The summed E-state index contributed by atoms with van der Waals surface area (Å²) >= 11 is 5.89. The van der Waals surface area contributed by atoms with E-state index in [1.807, 2.05) is 45.3 Å². The predicted octanol–water partition coefficient (Wildman–Crippen LogP) is 6.42. The van der Waals surface area contributed by atoms with E-state index in [1.165, 1.54) is 4.57 Å². The van der Waals surface area contributed by atoms with Gasteiger partial charge in [0.1, 0.15) is 11.5 Å². The van der Waals surface area contributed by atoms with E-state index in [0.717, 1.165) is 17.9 Å². The lowest BCUT2D eigenvalue weighted by Gasteiger charge is -2.35. The molecule has 0 aliphatic heterocycles. The Morgan fingerprint density at radius 1 is 1.00 bits per heavy atom. The van der Waals surface area contributed by atoms with Crippen LogP contribution in [0.1, 0.15) is 47.4 Å². The smallest absolute Gasteiger partial charge is 0.307 e. The van der Waals surface area contributed by atoms with Crippen molar-refractivity contribution in [3.63, 3.8) is 0 Å². The maximum absolute atomic E-state index is 13.0. The molecule has 0 fully saturated rings. The zero-order chi connectivity index (χ0) is 31.9. The zero-order valence-corrected chi connectivity index (χ0v) is 26.6. The van der Waals surface area contributed by atoms with Crippen LogP contribution < -0.4 is 9.47 Å². The van der Waals surface area contributed by atoms with Crippen LogP contribution in [0.2, 0.25) is 5.02 Å². The summed E-state index contributed by atoms with van der Waals surface area (Å²) in [5.74, 6) is 0.362. The number of aliphatic hydroxyl groups is 1. The van der Waals surface area contributed by atoms with Gasteiger partial charge in [-0.05, 0) is 93.2 Å². The summed E-state index contributed by atoms with van der Waals surface area (Å²) in [6.45, 7) is 6.70. The van der Waals surface area contributed by atoms with Crippen LogP contribution in [-0.4, -0.2) is 66.4 Å². The van der Waals surface area contributed by atoms with Crippen LogP contribution in [0, 0.1) is 12.8 Å². The predicted molar refractivity (Wildman–Crippen MR) is 171 cm³/mol. The number of benzene rings is 3. The minimum atomic E-state index is -0.955. The summed E-state index contributed by atoms with van der Waals surface area (Å²) in [5.41, 5.74) is 2.45. The van der Waals surface area contributed by atoms with E-state index in [2.05, 4.69) is 11.8 Å². The second-order valence-electron chi connectivity index (χ2n) is 10.8. The first-order valence-corrected chi connectivity index (χ1v) is 14.5. The molecule has 0 radical (unpaired) electrons. The van der Waals surface area contributed by atoms with Crippen LogP contribution in [0.25, 0.3) is 10.9 Å². The summed E-state index contributed by atoms with van der Waals surface area (Å²) in [6, 6.07) is 19.6. The third kappa shape index (κ3) is 7.76. The van der Waals surface area contributed by atoms with Crippen LogP contribution in [-0.2, 0) is 16.8 Å². The summed E-state index contributed by atoms with van der Waals surface area (Å²) in [6.07, 6.45) is 0.519. The first kappa shape index (κ1) is 33.6. The number of carboxylic acids is 1. The van der Waals surface area contributed by atoms with Gasteiger partial charge in [0.05, 0.1) is 31.8 Å². The Hall–Kier alpha value is -3.85. The Balaban J connectivity index is 0.000000250. The Morgan fingerprint density at radius 2 is 1.63 bits per heavy atom. The molecular formula is C34H41ClN2O6. The molecule has 3 aromatic carbocycles. The number of carbonyl (C=O) groups excluding carboxylic acids is 1. The summed E-state index contributed by atoms with van der Waals surface area (Å²) < 4.78 is 12.0. The number of carboxylic acid groups (broad SMARTS) is 1. The molecule has 0 saturated carbocycles. The molecule has 43 heavy (non-hydrogen) atoms. The van der Waals surface area contributed by atoms with Crippen molar-refractivity contribution in [2.45, 2.75) is 39.2 Å². The summed E-state index contributed by atoms with van der Waals surface area (Å²) in [7, 11) is 7.24. The van der Waals surface area contributed by atoms with Gasteiger partial charge in [0.15, 0.2) is 0 Å². The second kappa shape index (κ2) is 14.6. The number of nitrogens with zero attached hydrogens (tertiary/aromatic N) is 2. The van der Waals surface area contributed by atoms with Gasteiger partial charge < -0.3 is 24.6 Å². The van der Waals surface area contributed by atoms with Crippen molar-refractivity contribution in [2.24, 2.45) is 5.92 Å². The second-order valence-corrected chi connectivity index (χ2v) is 11.3. The number of methoxy groups -OCH3 is 2. The van der Waals surface area contributed by atoms with E-state index >= 15 is 0 Å². The van der Waals surface area contributed by atoms with Gasteiger partial charge in [0.2, 0.25) is 0 Å². The zero-order valence-electron chi connectivity index (χ0n) is 25.8. The number of carbonyl (C=O) groups is 2. The Kier molecular flexibility index (Phi) is 11.4. The minimum absolute atomic E-state index is 0.157. The fourth-order valence-corrected chi connectivity index (χ4v) is 5.50. The summed E-state index contributed by atoms with van der Waals surface area (Å²) in [4.78, 5) is 26.4. The van der Waals surface area contributed by atoms with Gasteiger partial charge in [-0.25, -0.2) is 0 Å². The molecule has 0 spiro atoms. The van der Waals surface area contributed by atoms with E-state index in [0.29, 0.717) is 44.9 Å². The Bertz CT molecular complexity index is 1560. The first-order valence-electron chi connectivity index (χ1n) is 14.1. The van der Waals surface area contributed by atoms with E-state index in [-0.39, 0.29) is 18.2 Å². The molecule has 4 rings (SSSR count). The number of aromatic nitrogens is 1. The van der Waals surface area contributed by atoms with Crippen LogP contribution >= 0.6 is 11.6 Å². The highest BCUT2D eigenvalue weighted by molar-refractivity contribution is 6.30. The normalized spacial score (nSPS) is 13.2. The van der Waals surface area contributed by atoms with Gasteiger partial charge in [-0.1, -0.05) is 37.6 Å². The third-order valence-electron chi connectivity index (χ3n) is 7.73. The van der Waals surface area contributed by atoms with Gasteiger partial charge >= 0.3 is 5.97 Å². The molecule has 0 bridgehead atoms. The fraction of sp³-hybridized carbons (Fsp3) is 0.353. The van der Waals surface area contributed by atoms with Crippen molar-refractivity contribution >= 4 is 34.4 Å². The highest BCUT2D eigenvalue weighted by atomic mass is 35.5. The van der Waals surface area contributed by atoms with Crippen molar-refractivity contribution in [1.29, 1.82) is 0 Å². The summed E-state index contributed by atoms with van der Waals surface area (Å²) in [5, 5.41) is 21.4. The van der Waals surface area contributed by atoms with Crippen molar-refractivity contribution in [1.82, 2.24) is 9.47 Å². The molecule has 2 atom stereocenters. The van der Waals surface area contributed by atoms with Crippen LogP contribution in [0.15, 0.2) is 66.7 Å². The number of halogens is 1. The highest BCUT2D eigenvalue weighted by Gasteiger charge is 2.34. The van der Waals surface area contributed by atoms with Gasteiger partial charge in [-0.3, -0.25) is 14.2 Å². The Morgan fingerprint density at radius 3 is 2.19 bits per heavy atom. The maximum atomic E-state index is 13.0. The lowest BCUT2D eigenvalue weighted by atomic mass is 9.80. The van der Waals surface area contributed by atoms with E-state index in [9.17, 15) is 19.8 Å². The van der Waals surface area contributed by atoms with Crippen molar-refractivity contribution in [3.05, 3.63) is 94.1 Å². The van der Waals surface area contributed by atoms with Gasteiger partial charge in [-0.2, -0.15) is 0 Å². The quantitative estimate of drug-likeness (QED) is 0.214. The lowest BCUT2D eigenvalue weighted by molar-refractivity contribution is -0.136. The number of rotatable bonds is 10. The molecule has 0 aliphatic rings. The number of hydrogen-bond acceptors (Lipinski definition) is 6. The molecule has 230 valence electrons. The molecule has 0 amide bonds. The van der Waals surface area contributed by atoms with Gasteiger partial charge in [-0.15, -0.1) is 0 Å². The van der Waals surface area contributed by atoms with Gasteiger partial charge in [0.25, 0.3) is 5.91 Å². The Labute approximate surface area is 258 Å². The number of hydrogen-bond donors (Lipinski definition) is 2. The molecule has 8 nitrogen and oxygen atoms in total. The molecule has 9 heteroatoms. The molecular weight excluding hydrogens is 568 g/mol. The van der Waals surface area contributed by atoms with E-state index in [4.69, 9.17) is 21.1 Å². The molecule has 0 saturated heterocycles. The third-order valence-corrected chi connectivity index (χ3v) is 7.98. The molecule has 1 heterocycles. The van der Waals surface area contributed by atoms with E-state index < -0.39 is 11.6 Å². The molecule has 0 unspecified atom stereocenters. The van der Waals surface area contributed by atoms with Crippen LogP contribution in [0.4, 0.5) is 0 Å². The largest absolute Gasteiger partial charge is 0.497 e. The molecule has 1 aromatic heterocycles. The van der Waals surface area contributed by atoms with E-state index in [1.54, 1.807) is 63.6 Å². The maximum Gasteiger partial charge on any atom is 0.307 e. The van der Waals surface area contributed by atoms with Crippen molar-refractivity contribution in [2.75, 3.05) is 34.9 Å². The van der Waals surface area contributed by atoms with Crippen molar-refractivity contribution in [3.8, 4) is 11.5 Å². The SMILES string of the molecule is CC[C@](O)(c1cccc(OC)c1)[C@H](C)CN(C)C.COc1ccc2c(c1)c(CC(=O)O)c(C)n2C(=O)c1ccc(Cl)cc1. The van der Waals surface area contributed by atoms with Crippen molar-refractivity contribution < 1.29 is 29.3 Å². The average Bonchev–Trinajstić information content (AvgIpc) is 3.26. The van der Waals surface area contributed by atoms with Gasteiger partial charge in [0, 0.05) is 34.1 Å². The highest BCUT2D eigenvalue weighted by Crippen LogP contribution is 2.35. The monoisotopic (exact) mass is 608 g/mol. The van der Waals surface area contributed by atoms with Crippen LogP contribution in [0.5, 0.6) is 11.5 Å². The molecule has 4 aromatic rings.